The lowest BCUT2D eigenvalue weighted by Crippen LogP contribution is -2.05. The highest BCUT2D eigenvalue weighted by atomic mass is 16.6. The molecule has 7 heteroatoms. The minimum atomic E-state index is -0.528. The van der Waals surface area contributed by atoms with E-state index in [4.69, 9.17) is 18.9 Å². The SMILES string of the molecule is COc1cc(/C=C2/N=C(C)OC2=O)cc(OC)c1OC(C)=O. The number of ether oxygens (including phenoxy) is 4. The van der Waals surface area contributed by atoms with Gasteiger partial charge in [-0.25, -0.2) is 9.79 Å². The maximum absolute atomic E-state index is 11.6. The number of benzene rings is 1. The molecule has 1 aliphatic heterocycles. The van der Waals surface area contributed by atoms with E-state index in [0.717, 1.165) is 0 Å². The first kappa shape index (κ1) is 15.6. The third kappa shape index (κ3) is 3.25. The minimum Gasteiger partial charge on any atom is -0.493 e. The number of carbonyl (C=O) groups excluding carboxylic acids is 2. The second-order valence-electron chi connectivity index (χ2n) is 4.40. The fourth-order valence-electron chi connectivity index (χ4n) is 1.90. The molecular weight excluding hydrogens is 290 g/mol. The van der Waals surface area contributed by atoms with Crippen LogP contribution in [0.5, 0.6) is 17.2 Å². The van der Waals surface area contributed by atoms with Crippen LogP contribution in [0, 0.1) is 0 Å². The Morgan fingerprint density at radius 1 is 1.23 bits per heavy atom. The lowest BCUT2D eigenvalue weighted by molar-refractivity contribution is -0.132. The van der Waals surface area contributed by atoms with E-state index in [1.54, 1.807) is 19.1 Å². The summed E-state index contributed by atoms with van der Waals surface area (Å²) in [5.41, 5.74) is 0.761. The van der Waals surface area contributed by atoms with Crippen molar-refractivity contribution in [1.82, 2.24) is 0 Å². The fourth-order valence-corrected chi connectivity index (χ4v) is 1.90. The first-order valence-corrected chi connectivity index (χ1v) is 6.38. The standard InChI is InChI=1S/C15H15NO6/c1-8-16-11(15(18)21-8)5-10-6-12(19-3)14(22-9(2)17)13(7-10)20-4/h5-7H,1-4H3/b11-5+. The van der Waals surface area contributed by atoms with Crippen LogP contribution in [-0.4, -0.2) is 32.1 Å². The molecule has 1 aromatic rings. The highest BCUT2D eigenvalue weighted by Gasteiger charge is 2.21. The van der Waals surface area contributed by atoms with E-state index in [2.05, 4.69) is 4.99 Å². The molecular formula is C15H15NO6. The normalized spacial score (nSPS) is 15.4. The molecule has 0 fully saturated rings. The van der Waals surface area contributed by atoms with Gasteiger partial charge < -0.3 is 18.9 Å². The monoisotopic (exact) mass is 305 g/mol. The van der Waals surface area contributed by atoms with Gasteiger partial charge in [-0.3, -0.25) is 4.79 Å². The molecule has 0 saturated heterocycles. The quantitative estimate of drug-likeness (QED) is 0.480. The fraction of sp³-hybridized carbons (Fsp3) is 0.267. The van der Waals surface area contributed by atoms with E-state index in [-0.39, 0.29) is 17.3 Å². The van der Waals surface area contributed by atoms with Gasteiger partial charge in [0.15, 0.2) is 23.1 Å². The van der Waals surface area contributed by atoms with Gasteiger partial charge in [0.25, 0.3) is 0 Å². The molecule has 0 N–H and O–H groups in total. The van der Waals surface area contributed by atoms with Gasteiger partial charge in [0.1, 0.15) is 0 Å². The van der Waals surface area contributed by atoms with E-state index in [1.165, 1.54) is 27.2 Å². The van der Waals surface area contributed by atoms with E-state index >= 15 is 0 Å². The smallest absolute Gasteiger partial charge is 0.363 e. The predicted octanol–water partition coefficient (Wildman–Crippen LogP) is 1.95. The van der Waals surface area contributed by atoms with Gasteiger partial charge in [0.05, 0.1) is 14.2 Å². The molecule has 0 unspecified atom stereocenters. The highest BCUT2D eigenvalue weighted by Crippen LogP contribution is 2.39. The average Bonchev–Trinajstić information content (AvgIpc) is 2.77. The minimum absolute atomic E-state index is 0.168. The van der Waals surface area contributed by atoms with Crippen molar-refractivity contribution in [2.75, 3.05) is 14.2 Å². The van der Waals surface area contributed by atoms with E-state index in [0.29, 0.717) is 17.1 Å². The third-order valence-corrected chi connectivity index (χ3v) is 2.76. The molecule has 116 valence electrons. The second kappa shape index (κ2) is 6.30. The molecule has 0 spiro atoms. The number of hydrogen-bond donors (Lipinski definition) is 0. The predicted molar refractivity (Wildman–Crippen MR) is 78.0 cm³/mol. The molecule has 0 saturated carbocycles. The number of hydrogen-bond acceptors (Lipinski definition) is 7. The van der Waals surface area contributed by atoms with Crippen LogP contribution in [0.2, 0.25) is 0 Å². The van der Waals surface area contributed by atoms with Crippen molar-refractivity contribution < 1.29 is 28.5 Å². The Morgan fingerprint density at radius 3 is 2.23 bits per heavy atom. The molecule has 0 radical (unpaired) electrons. The van der Waals surface area contributed by atoms with Gasteiger partial charge in [0, 0.05) is 13.8 Å². The Hall–Kier alpha value is -2.83. The number of aliphatic imine (C=N–C) groups is 1. The molecule has 1 heterocycles. The van der Waals surface area contributed by atoms with Gasteiger partial charge >= 0.3 is 11.9 Å². The van der Waals surface area contributed by atoms with Gasteiger partial charge in [-0.15, -0.1) is 0 Å². The van der Waals surface area contributed by atoms with Gasteiger partial charge in [-0.05, 0) is 23.8 Å². The summed E-state index contributed by atoms with van der Waals surface area (Å²) in [6, 6.07) is 3.20. The highest BCUT2D eigenvalue weighted by molar-refractivity contribution is 6.06. The van der Waals surface area contributed by atoms with Crippen molar-refractivity contribution in [3.63, 3.8) is 0 Å². The summed E-state index contributed by atoms with van der Waals surface area (Å²) >= 11 is 0. The van der Waals surface area contributed by atoms with Crippen LogP contribution in [0.1, 0.15) is 19.4 Å². The Kier molecular flexibility index (Phi) is 4.45. The largest absolute Gasteiger partial charge is 0.493 e. The zero-order chi connectivity index (χ0) is 16.3. The first-order chi connectivity index (χ1) is 10.4. The van der Waals surface area contributed by atoms with Crippen LogP contribution in [0.15, 0.2) is 22.8 Å². The molecule has 1 aliphatic rings. The number of esters is 2. The number of cyclic esters (lactones) is 1. The Bertz CT molecular complexity index is 664. The van der Waals surface area contributed by atoms with Crippen LogP contribution >= 0.6 is 0 Å². The van der Waals surface area contributed by atoms with Crippen LogP contribution < -0.4 is 14.2 Å². The lowest BCUT2D eigenvalue weighted by Gasteiger charge is -2.13. The van der Waals surface area contributed by atoms with Crippen molar-refractivity contribution in [2.24, 2.45) is 4.99 Å². The summed E-state index contributed by atoms with van der Waals surface area (Å²) in [5, 5.41) is 0. The zero-order valence-electron chi connectivity index (χ0n) is 12.6. The molecule has 0 aliphatic carbocycles. The van der Waals surface area contributed by atoms with E-state index in [1.807, 2.05) is 0 Å². The first-order valence-electron chi connectivity index (χ1n) is 6.38. The van der Waals surface area contributed by atoms with Crippen molar-refractivity contribution >= 4 is 23.9 Å². The molecule has 0 aromatic heterocycles. The third-order valence-electron chi connectivity index (χ3n) is 2.76. The van der Waals surface area contributed by atoms with Crippen LogP contribution in [0.3, 0.4) is 0 Å². The Labute approximate surface area is 127 Å². The van der Waals surface area contributed by atoms with Gasteiger partial charge in [-0.2, -0.15) is 0 Å². The summed E-state index contributed by atoms with van der Waals surface area (Å²) in [6.07, 6.45) is 1.53. The number of carbonyl (C=O) groups is 2. The Balaban J connectivity index is 2.48. The summed E-state index contributed by atoms with van der Waals surface area (Å²) in [7, 11) is 2.87. The molecule has 2 rings (SSSR count). The zero-order valence-corrected chi connectivity index (χ0v) is 12.6. The summed E-state index contributed by atoms with van der Waals surface area (Å²) in [6.45, 7) is 2.87. The number of nitrogens with zero attached hydrogens (tertiary/aromatic N) is 1. The topological polar surface area (TPSA) is 83.4 Å². The average molecular weight is 305 g/mol. The lowest BCUT2D eigenvalue weighted by atomic mass is 10.1. The van der Waals surface area contributed by atoms with Crippen molar-refractivity contribution in [1.29, 1.82) is 0 Å². The van der Waals surface area contributed by atoms with Crippen molar-refractivity contribution in [3.8, 4) is 17.2 Å². The van der Waals surface area contributed by atoms with Crippen LogP contribution in [0.4, 0.5) is 0 Å². The number of rotatable bonds is 4. The van der Waals surface area contributed by atoms with E-state index in [9.17, 15) is 9.59 Å². The molecule has 0 atom stereocenters. The second-order valence-corrected chi connectivity index (χ2v) is 4.40. The van der Waals surface area contributed by atoms with Gasteiger partial charge in [0.2, 0.25) is 5.75 Å². The molecule has 7 nitrogen and oxygen atoms in total. The van der Waals surface area contributed by atoms with E-state index < -0.39 is 11.9 Å². The number of methoxy groups -OCH3 is 2. The molecule has 1 aromatic carbocycles. The molecule has 0 bridgehead atoms. The van der Waals surface area contributed by atoms with Crippen LogP contribution in [0.25, 0.3) is 6.08 Å². The van der Waals surface area contributed by atoms with Crippen molar-refractivity contribution in [2.45, 2.75) is 13.8 Å². The molecule has 0 amide bonds. The molecule has 22 heavy (non-hydrogen) atoms. The summed E-state index contributed by atoms with van der Waals surface area (Å²) in [5.74, 6) is 0.0313. The van der Waals surface area contributed by atoms with Crippen molar-refractivity contribution in [3.05, 3.63) is 23.4 Å². The maximum Gasteiger partial charge on any atom is 0.363 e. The summed E-state index contributed by atoms with van der Waals surface area (Å²) in [4.78, 5) is 26.7. The Morgan fingerprint density at radius 2 is 1.82 bits per heavy atom. The summed E-state index contributed by atoms with van der Waals surface area (Å²) < 4.78 is 20.3. The maximum atomic E-state index is 11.6. The van der Waals surface area contributed by atoms with Crippen LogP contribution in [-0.2, 0) is 14.3 Å². The van der Waals surface area contributed by atoms with Gasteiger partial charge in [-0.1, -0.05) is 0 Å².